The highest BCUT2D eigenvalue weighted by molar-refractivity contribution is 6.30. The van der Waals surface area contributed by atoms with Crippen LogP contribution in [0.3, 0.4) is 0 Å². The lowest BCUT2D eigenvalue weighted by Crippen LogP contribution is -2.35. The van der Waals surface area contributed by atoms with Crippen LogP contribution in [0.1, 0.15) is 63.2 Å². The van der Waals surface area contributed by atoms with Crippen LogP contribution in [-0.2, 0) is 14.4 Å². The molecular weight excluding hydrogens is 606 g/mol. The number of likely N-dealkylation sites (tertiary alicyclic amines) is 1. The Morgan fingerprint density at radius 3 is 2.11 bits per heavy atom. The molecule has 0 spiro atoms. The van der Waals surface area contributed by atoms with E-state index in [0.29, 0.717) is 60.7 Å². The van der Waals surface area contributed by atoms with Crippen LogP contribution in [0.25, 0.3) is 0 Å². The van der Waals surface area contributed by atoms with Crippen LogP contribution >= 0.6 is 11.6 Å². The van der Waals surface area contributed by atoms with Gasteiger partial charge in [0.2, 0.25) is 5.91 Å². The van der Waals surface area contributed by atoms with Gasteiger partial charge in [0.1, 0.15) is 17.7 Å². The molecule has 0 radical (unpaired) electrons. The lowest BCUT2D eigenvalue weighted by Gasteiger charge is -2.23. The van der Waals surface area contributed by atoms with Crippen molar-refractivity contribution in [3.8, 4) is 5.75 Å². The Kier molecular flexibility index (Phi) is 23.4. The molecule has 0 atom stereocenters. The maximum absolute atomic E-state index is 12.0. The normalized spacial score (nSPS) is 12.7. The molecule has 0 aliphatic carbocycles. The smallest absolute Gasteiger partial charge is 0.225 e. The van der Waals surface area contributed by atoms with Gasteiger partial charge in [-0.2, -0.15) is 0 Å². The fourth-order valence-electron chi connectivity index (χ4n) is 4.32. The lowest BCUT2D eigenvalue weighted by atomic mass is 9.89. The molecule has 11 heteroatoms. The molecule has 256 valence electrons. The molecule has 1 aliphatic heterocycles. The molecule has 1 saturated heterocycles. The van der Waals surface area contributed by atoms with E-state index in [9.17, 15) is 19.2 Å². The van der Waals surface area contributed by atoms with E-state index in [1.54, 1.807) is 25.2 Å². The summed E-state index contributed by atoms with van der Waals surface area (Å²) in [5.74, 6) is 0.364. The summed E-state index contributed by atoms with van der Waals surface area (Å²) in [4.78, 5) is 46.3. The summed E-state index contributed by atoms with van der Waals surface area (Å²) in [6.45, 7) is 9.69. The van der Waals surface area contributed by atoms with Crippen LogP contribution in [0.4, 0.5) is 5.69 Å². The molecule has 0 bridgehead atoms. The Bertz CT molecular complexity index is 1190. The second-order valence-corrected chi connectivity index (χ2v) is 11.7. The zero-order chi connectivity index (χ0) is 34.8. The molecule has 0 saturated carbocycles. The largest absolute Gasteiger partial charge is 0.493 e. The molecule has 10 nitrogen and oxygen atoms in total. The molecule has 46 heavy (non-hydrogen) atoms. The number of para-hydroxylation sites is 1. The number of allylic oxidation sites excluding steroid dienone is 2. The summed E-state index contributed by atoms with van der Waals surface area (Å²) >= 11 is 5.68. The highest BCUT2D eigenvalue weighted by atomic mass is 35.5. The van der Waals surface area contributed by atoms with Gasteiger partial charge in [-0.05, 0) is 89.1 Å². The summed E-state index contributed by atoms with van der Waals surface area (Å²) in [5, 5.41) is 12.1. The fraction of sp³-hybridized carbons (Fsp3) is 0.486. The molecule has 0 unspecified atom stereocenters. The number of carbonyl (C=O) groups excluding carboxylic acids is 4. The highest BCUT2D eigenvalue weighted by Crippen LogP contribution is 2.21. The standard InChI is InChI=1S/C14H25N3O3.C9H9ClO2.C7H9N.C5H11N/c1-14(2,10-15-3)8-13(20)17-12(9-19)11(16-4)6-5-7-18;1-2-12-9-4-3-8(10)5-7(9)6-11;1-8-7-5-3-2-4-6-7;1-6-4-2-3-5-6/h7,9,15-16H,5-6,8,10H2,1-4H3,(H,17,20);3-6H,2H2,1H3;2-6,8H,1H3;2-5H2,1H3/b12-11+;;;. The van der Waals surface area contributed by atoms with E-state index in [0.717, 1.165) is 18.3 Å². The second-order valence-electron chi connectivity index (χ2n) is 11.2. The van der Waals surface area contributed by atoms with Gasteiger partial charge in [-0.15, -0.1) is 0 Å². The van der Waals surface area contributed by atoms with Crippen LogP contribution in [0, 0.1) is 5.41 Å². The number of carbonyl (C=O) groups is 4. The van der Waals surface area contributed by atoms with Crippen molar-refractivity contribution >= 4 is 42.1 Å². The van der Waals surface area contributed by atoms with Crippen LogP contribution in [0.2, 0.25) is 5.02 Å². The number of hydrogen-bond donors (Lipinski definition) is 4. The van der Waals surface area contributed by atoms with Crippen molar-refractivity contribution < 1.29 is 23.9 Å². The first-order chi connectivity index (χ1) is 22.0. The third-order valence-electron chi connectivity index (χ3n) is 6.62. The van der Waals surface area contributed by atoms with Gasteiger partial charge in [-0.3, -0.25) is 14.4 Å². The van der Waals surface area contributed by atoms with Crippen molar-refractivity contribution in [2.24, 2.45) is 5.41 Å². The van der Waals surface area contributed by atoms with Gasteiger partial charge < -0.3 is 35.7 Å². The van der Waals surface area contributed by atoms with Gasteiger partial charge in [0.25, 0.3) is 0 Å². The number of nitrogens with zero attached hydrogens (tertiary/aromatic N) is 1. The van der Waals surface area contributed by atoms with Gasteiger partial charge in [-0.25, -0.2) is 0 Å². The molecular formula is C35H54ClN5O5. The quantitative estimate of drug-likeness (QED) is 0.157. The van der Waals surface area contributed by atoms with Crippen LogP contribution in [0.5, 0.6) is 5.75 Å². The first kappa shape index (κ1) is 42.3. The predicted octanol–water partition coefficient (Wildman–Crippen LogP) is 5.34. The summed E-state index contributed by atoms with van der Waals surface area (Å²) < 4.78 is 5.19. The third kappa shape index (κ3) is 19.6. The average Bonchev–Trinajstić information content (AvgIpc) is 3.53. The fourth-order valence-corrected chi connectivity index (χ4v) is 4.50. The molecule has 1 aliphatic rings. The predicted molar refractivity (Wildman–Crippen MR) is 189 cm³/mol. The van der Waals surface area contributed by atoms with Crippen molar-refractivity contribution in [3.05, 3.63) is 70.5 Å². The number of rotatable bonds is 14. The van der Waals surface area contributed by atoms with Crippen molar-refractivity contribution in [1.82, 2.24) is 20.9 Å². The summed E-state index contributed by atoms with van der Waals surface area (Å²) in [5.41, 5.74) is 2.21. The molecule has 1 amide bonds. The first-order valence-electron chi connectivity index (χ1n) is 15.5. The minimum absolute atomic E-state index is 0.194. The molecule has 3 rings (SSSR count). The maximum atomic E-state index is 12.0. The number of ether oxygens (including phenoxy) is 1. The highest BCUT2D eigenvalue weighted by Gasteiger charge is 2.22. The SMILES string of the molecule is CCOc1ccc(Cl)cc1C=O.CN1CCCC1.CNCC(C)(C)CC(=O)N/C(C=O)=C(\CCC=O)NC.CNc1ccccc1. The summed E-state index contributed by atoms with van der Waals surface area (Å²) in [7, 11) is 7.57. The van der Waals surface area contributed by atoms with E-state index in [4.69, 9.17) is 16.3 Å². The molecule has 1 fully saturated rings. The van der Waals surface area contributed by atoms with Gasteiger partial charge >= 0.3 is 0 Å². The number of amides is 1. The number of nitrogens with one attached hydrogen (secondary N) is 4. The molecule has 2 aromatic carbocycles. The number of anilines is 1. The second kappa shape index (κ2) is 25.5. The third-order valence-corrected chi connectivity index (χ3v) is 6.85. The van der Waals surface area contributed by atoms with E-state index in [2.05, 4.69) is 33.2 Å². The van der Waals surface area contributed by atoms with Gasteiger partial charge in [-0.1, -0.05) is 43.6 Å². The topological polar surface area (TPSA) is 129 Å². The zero-order valence-electron chi connectivity index (χ0n) is 28.6. The van der Waals surface area contributed by atoms with Crippen molar-refractivity contribution in [3.63, 3.8) is 0 Å². The van der Waals surface area contributed by atoms with Gasteiger partial charge in [0.05, 0.1) is 12.2 Å². The van der Waals surface area contributed by atoms with Crippen molar-refractivity contribution in [2.75, 3.05) is 59.7 Å². The first-order valence-corrected chi connectivity index (χ1v) is 15.9. The van der Waals surface area contributed by atoms with Crippen molar-refractivity contribution in [2.45, 2.75) is 52.9 Å². The van der Waals surface area contributed by atoms with E-state index >= 15 is 0 Å². The number of hydrogen-bond acceptors (Lipinski definition) is 9. The molecule has 0 aromatic heterocycles. The Hall–Kier alpha value is -3.73. The zero-order valence-corrected chi connectivity index (χ0v) is 29.3. The Labute approximate surface area is 280 Å². The van der Waals surface area contributed by atoms with E-state index in [-0.39, 0.29) is 17.0 Å². The van der Waals surface area contributed by atoms with Crippen molar-refractivity contribution in [1.29, 1.82) is 0 Å². The number of benzene rings is 2. The van der Waals surface area contributed by atoms with E-state index in [1.807, 2.05) is 65.2 Å². The maximum Gasteiger partial charge on any atom is 0.225 e. The van der Waals surface area contributed by atoms with E-state index < -0.39 is 0 Å². The minimum Gasteiger partial charge on any atom is -0.493 e. The summed E-state index contributed by atoms with van der Waals surface area (Å²) in [6.07, 6.45) is 5.93. The Morgan fingerprint density at radius 1 is 1.02 bits per heavy atom. The lowest BCUT2D eigenvalue weighted by molar-refractivity contribution is -0.123. The van der Waals surface area contributed by atoms with Crippen LogP contribution in [0.15, 0.2) is 59.9 Å². The number of halogens is 1. The molecule has 2 aromatic rings. The van der Waals surface area contributed by atoms with E-state index in [1.165, 1.54) is 25.9 Å². The van der Waals surface area contributed by atoms with Crippen LogP contribution < -0.4 is 26.0 Å². The van der Waals surface area contributed by atoms with Crippen LogP contribution in [-0.4, -0.2) is 84.1 Å². The van der Waals surface area contributed by atoms with Gasteiger partial charge in [0.15, 0.2) is 12.6 Å². The Morgan fingerprint density at radius 2 is 1.67 bits per heavy atom. The Balaban J connectivity index is 0.000000650. The molecule has 4 N–H and O–H groups in total. The minimum atomic E-state index is -0.216. The average molecular weight is 660 g/mol. The molecule has 1 heterocycles. The summed E-state index contributed by atoms with van der Waals surface area (Å²) in [6, 6.07) is 15.0. The number of aldehydes is 3. The van der Waals surface area contributed by atoms with Gasteiger partial charge in [0, 0.05) is 49.9 Å². The monoisotopic (exact) mass is 659 g/mol.